The van der Waals surface area contributed by atoms with Gasteiger partial charge in [-0.3, -0.25) is 4.79 Å². The van der Waals surface area contributed by atoms with Gasteiger partial charge in [0, 0.05) is 12.2 Å². The quantitative estimate of drug-likeness (QED) is 0.726. The van der Waals surface area contributed by atoms with Crippen molar-refractivity contribution in [3.05, 3.63) is 29.3 Å². The van der Waals surface area contributed by atoms with Gasteiger partial charge in [-0.15, -0.1) is 0 Å². The number of rotatable bonds is 8. The molecule has 106 valence electrons. The molecular weight excluding hydrogens is 238 g/mol. The number of carboxylic acids is 1. The summed E-state index contributed by atoms with van der Waals surface area (Å²) in [7, 11) is 0. The second kappa shape index (κ2) is 7.82. The van der Waals surface area contributed by atoms with Crippen LogP contribution in [0.1, 0.15) is 43.7 Å². The number of hydrogen-bond donors (Lipinski definition) is 1. The Hall–Kier alpha value is -1.51. The van der Waals surface area contributed by atoms with Crippen molar-refractivity contribution in [3.63, 3.8) is 0 Å². The van der Waals surface area contributed by atoms with Crippen molar-refractivity contribution < 1.29 is 9.90 Å². The zero-order chi connectivity index (χ0) is 14.3. The first-order chi connectivity index (χ1) is 9.06. The highest BCUT2D eigenvalue weighted by Crippen LogP contribution is 2.24. The van der Waals surface area contributed by atoms with E-state index in [1.165, 1.54) is 12.8 Å². The third kappa shape index (κ3) is 4.93. The molecule has 1 aromatic carbocycles. The van der Waals surface area contributed by atoms with Gasteiger partial charge in [-0.05, 0) is 31.4 Å². The first kappa shape index (κ1) is 15.5. The number of carbonyl (C=O) groups is 1. The minimum atomic E-state index is -0.766. The molecule has 0 amide bonds. The highest BCUT2D eigenvalue weighted by molar-refractivity contribution is 5.75. The molecule has 1 N–H and O–H groups in total. The number of benzene rings is 1. The van der Waals surface area contributed by atoms with Crippen LogP contribution in [0.15, 0.2) is 18.2 Å². The largest absolute Gasteiger partial charge is 0.480 e. The number of nitrogens with zero attached hydrogens (tertiary/aromatic N) is 1. The predicted molar refractivity (Wildman–Crippen MR) is 79.9 cm³/mol. The number of anilines is 1. The number of aryl methyl sites for hydroxylation is 2. The summed E-state index contributed by atoms with van der Waals surface area (Å²) in [4.78, 5) is 13.1. The van der Waals surface area contributed by atoms with Crippen molar-refractivity contribution in [2.45, 2.75) is 46.5 Å². The third-order valence-corrected chi connectivity index (χ3v) is 3.36. The SMILES string of the molecule is CCCCCCN(CC(=O)O)c1c(C)cccc1C. The molecule has 0 heterocycles. The van der Waals surface area contributed by atoms with E-state index < -0.39 is 5.97 Å². The Morgan fingerprint density at radius 2 is 1.79 bits per heavy atom. The topological polar surface area (TPSA) is 40.5 Å². The molecule has 0 bridgehead atoms. The molecule has 1 aromatic rings. The van der Waals surface area contributed by atoms with Crippen LogP contribution in [0.4, 0.5) is 5.69 Å². The molecule has 0 atom stereocenters. The zero-order valence-corrected chi connectivity index (χ0v) is 12.3. The maximum Gasteiger partial charge on any atom is 0.323 e. The van der Waals surface area contributed by atoms with Crippen molar-refractivity contribution in [2.24, 2.45) is 0 Å². The van der Waals surface area contributed by atoms with Gasteiger partial charge in [-0.2, -0.15) is 0 Å². The number of para-hydroxylation sites is 1. The van der Waals surface area contributed by atoms with Gasteiger partial charge in [0.2, 0.25) is 0 Å². The van der Waals surface area contributed by atoms with Crippen molar-refractivity contribution in [1.29, 1.82) is 0 Å². The van der Waals surface area contributed by atoms with Crippen LogP contribution in [0.2, 0.25) is 0 Å². The number of hydrogen-bond acceptors (Lipinski definition) is 2. The summed E-state index contributed by atoms with van der Waals surface area (Å²) in [5, 5.41) is 9.09. The lowest BCUT2D eigenvalue weighted by molar-refractivity contribution is -0.135. The van der Waals surface area contributed by atoms with Crippen LogP contribution in [-0.4, -0.2) is 24.2 Å². The van der Waals surface area contributed by atoms with E-state index in [4.69, 9.17) is 5.11 Å². The molecule has 0 radical (unpaired) electrons. The molecule has 0 aromatic heterocycles. The van der Waals surface area contributed by atoms with Gasteiger partial charge in [-0.25, -0.2) is 0 Å². The Morgan fingerprint density at radius 3 is 2.32 bits per heavy atom. The van der Waals surface area contributed by atoms with Gasteiger partial charge >= 0.3 is 5.97 Å². The van der Waals surface area contributed by atoms with Crippen LogP contribution in [0.25, 0.3) is 0 Å². The van der Waals surface area contributed by atoms with E-state index in [1.807, 2.05) is 36.9 Å². The monoisotopic (exact) mass is 263 g/mol. The molecule has 0 aliphatic rings. The molecule has 0 saturated heterocycles. The highest BCUT2D eigenvalue weighted by Gasteiger charge is 2.14. The van der Waals surface area contributed by atoms with E-state index >= 15 is 0 Å². The van der Waals surface area contributed by atoms with Gasteiger partial charge in [-0.1, -0.05) is 44.4 Å². The minimum absolute atomic E-state index is 0.0812. The lowest BCUT2D eigenvalue weighted by Gasteiger charge is -2.26. The van der Waals surface area contributed by atoms with Crippen molar-refractivity contribution >= 4 is 11.7 Å². The van der Waals surface area contributed by atoms with Crippen molar-refractivity contribution in [1.82, 2.24) is 0 Å². The van der Waals surface area contributed by atoms with Crippen LogP contribution >= 0.6 is 0 Å². The molecule has 1 rings (SSSR count). The van der Waals surface area contributed by atoms with E-state index in [0.29, 0.717) is 0 Å². The maximum atomic E-state index is 11.1. The van der Waals surface area contributed by atoms with Gasteiger partial charge in [0.25, 0.3) is 0 Å². The number of unbranched alkanes of at least 4 members (excludes halogenated alkanes) is 3. The van der Waals surface area contributed by atoms with E-state index in [1.54, 1.807) is 0 Å². The first-order valence-electron chi connectivity index (χ1n) is 7.09. The van der Waals surface area contributed by atoms with Gasteiger partial charge in [0.1, 0.15) is 6.54 Å². The Labute approximate surface area is 116 Å². The van der Waals surface area contributed by atoms with E-state index in [0.717, 1.165) is 36.2 Å². The van der Waals surface area contributed by atoms with Crippen molar-refractivity contribution in [3.8, 4) is 0 Å². The highest BCUT2D eigenvalue weighted by atomic mass is 16.4. The molecule has 0 aliphatic carbocycles. The van der Waals surface area contributed by atoms with Crippen LogP contribution in [0.3, 0.4) is 0 Å². The fraction of sp³-hybridized carbons (Fsp3) is 0.562. The van der Waals surface area contributed by atoms with Crippen LogP contribution in [0, 0.1) is 13.8 Å². The van der Waals surface area contributed by atoms with E-state index in [2.05, 4.69) is 6.92 Å². The predicted octanol–water partition coefficient (Wildman–Crippen LogP) is 3.77. The summed E-state index contributed by atoms with van der Waals surface area (Å²) < 4.78 is 0. The molecule has 0 aliphatic heterocycles. The minimum Gasteiger partial charge on any atom is -0.480 e. The van der Waals surface area contributed by atoms with E-state index in [-0.39, 0.29) is 6.54 Å². The first-order valence-corrected chi connectivity index (χ1v) is 7.09. The Bertz CT molecular complexity index is 395. The average molecular weight is 263 g/mol. The number of aliphatic carboxylic acids is 1. The summed E-state index contributed by atoms with van der Waals surface area (Å²) in [5.74, 6) is -0.766. The zero-order valence-electron chi connectivity index (χ0n) is 12.3. The molecular formula is C16H25NO2. The summed E-state index contributed by atoms with van der Waals surface area (Å²) >= 11 is 0. The third-order valence-electron chi connectivity index (χ3n) is 3.36. The van der Waals surface area contributed by atoms with Gasteiger partial charge in [0.15, 0.2) is 0 Å². The summed E-state index contributed by atoms with van der Waals surface area (Å²) in [6.07, 6.45) is 4.63. The fourth-order valence-corrected chi connectivity index (χ4v) is 2.47. The molecule has 3 nitrogen and oxygen atoms in total. The van der Waals surface area contributed by atoms with Crippen LogP contribution in [0.5, 0.6) is 0 Å². The van der Waals surface area contributed by atoms with Crippen molar-refractivity contribution in [2.75, 3.05) is 18.0 Å². The molecule has 19 heavy (non-hydrogen) atoms. The number of carboxylic acid groups (broad SMARTS) is 1. The molecule has 0 saturated carbocycles. The normalized spacial score (nSPS) is 10.5. The smallest absolute Gasteiger partial charge is 0.323 e. The Balaban J connectivity index is 2.80. The fourth-order valence-electron chi connectivity index (χ4n) is 2.47. The molecule has 0 unspecified atom stereocenters. The lowest BCUT2D eigenvalue weighted by atomic mass is 10.1. The Morgan fingerprint density at radius 1 is 1.16 bits per heavy atom. The van der Waals surface area contributed by atoms with Gasteiger partial charge < -0.3 is 10.0 Å². The molecule has 3 heteroatoms. The second-order valence-corrected chi connectivity index (χ2v) is 5.12. The molecule has 0 spiro atoms. The average Bonchev–Trinajstić information content (AvgIpc) is 2.33. The standard InChI is InChI=1S/C16H25NO2/c1-4-5-6-7-11-17(12-15(18)19)16-13(2)9-8-10-14(16)3/h8-10H,4-7,11-12H2,1-3H3,(H,18,19). The lowest BCUT2D eigenvalue weighted by Crippen LogP contribution is -2.31. The summed E-state index contributed by atoms with van der Waals surface area (Å²) in [5.41, 5.74) is 3.38. The Kier molecular flexibility index (Phi) is 6.40. The van der Waals surface area contributed by atoms with Crippen LogP contribution in [-0.2, 0) is 4.79 Å². The summed E-state index contributed by atoms with van der Waals surface area (Å²) in [6, 6.07) is 6.11. The van der Waals surface area contributed by atoms with Gasteiger partial charge in [0.05, 0.1) is 0 Å². The molecule has 0 fully saturated rings. The summed E-state index contributed by atoms with van der Waals surface area (Å²) in [6.45, 7) is 7.17. The second-order valence-electron chi connectivity index (χ2n) is 5.12. The van der Waals surface area contributed by atoms with E-state index in [9.17, 15) is 4.79 Å². The maximum absolute atomic E-state index is 11.1. The van der Waals surface area contributed by atoms with Crippen LogP contribution < -0.4 is 4.90 Å².